The summed E-state index contributed by atoms with van der Waals surface area (Å²) in [4.78, 5) is 26.6. The van der Waals surface area contributed by atoms with Crippen molar-refractivity contribution in [2.24, 2.45) is 0 Å². The van der Waals surface area contributed by atoms with Crippen LogP contribution in [-0.2, 0) is 4.79 Å². The second-order valence-corrected chi connectivity index (χ2v) is 3.68. The van der Waals surface area contributed by atoms with Crippen molar-refractivity contribution in [3.05, 3.63) is 27.4 Å². The minimum atomic E-state index is -0.565. The van der Waals surface area contributed by atoms with E-state index >= 15 is 0 Å². The highest BCUT2D eigenvalue weighted by Crippen LogP contribution is 2.22. The molecule has 0 radical (unpaired) electrons. The first-order valence-electron chi connectivity index (χ1n) is 4.67. The van der Waals surface area contributed by atoms with Crippen LogP contribution in [0.5, 0.6) is 0 Å². The van der Waals surface area contributed by atoms with Gasteiger partial charge in [-0.2, -0.15) is 0 Å². The summed E-state index contributed by atoms with van der Waals surface area (Å²) in [6.07, 6.45) is 0. The highest BCUT2D eigenvalue weighted by Gasteiger charge is 2.14. The van der Waals surface area contributed by atoms with Gasteiger partial charge in [0.05, 0.1) is 23.6 Å². The van der Waals surface area contributed by atoms with Crippen molar-refractivity contribution in [1.29, 1.82) is 0 Å². The Hall–Kier alpha value is -1.89. The van der Waals surface area contributed by atoms with Crippen LogP contribution in [0.15, 0.2) is 12.1 Å². The molecular weight excluding hydrogens is 248 g/mol. The molecule has 92 valence electrons. The largest absolute Gasteiger partial charge is 0.358 e. The van der Waals surface area contributed by atoms with Gasteiger partial charge in [-0.1, -0.05) is 11.6 Å². The van der Waals surface area contributed by atoms with Crippen molar-refractivity contribution in [2.75, 3.05) is 25.5 Å². The molecule has 1 aromatic heterocycles. The number of likely N-dealkylation sites (N-methyl/N-ethyl adjacent to an activating group) is 2. The second kappa shape index (κ2) is 5.44. The van der Waals surface area contributed by atoms with E-state index in [1.807, 2.05) is 0 Å². The summed E-state index contributed by atoms with van der Waals surface area (Å²) in [5.41, 5.74) is -0.163. The third-order valence-corrected chi connectivity index (χ3v) is 2.22. The first-order chi connectivity index (χ1) is 7.93. The lowest BCUT2D eigenvalue weighted by Crippen LogP contribution is -2.33. The fraction of sp³-hybridized carbons (Fsp3) is 0.333. The van der Waals surface area contributed by atoms with Crippen LogP contribution >= 0.6 is 11.6 Å². The van der Waals surface area contributed by atoms with Gasteiger partial charge in [0.2, 0.25) is 5.91 Å². The summed E-state index contributed by atoms with van der Waals surface area (Å²) in [6.45, 7) is 0.0427. The van der Waals surface area contributed by atoms with E-state index < -0.39 is 4.92 Å². The van der Waals surface area contributed by atoms with Crippen molar-refractivity contribution >= 4 is 29.0 Å². The molecule has 0 bridgehead atoms. The van der Waals surface area contributed by atoms with Crippen molar-refractivity contribution in [1.82, 2.24) is 10.3 Å². The topological polar surface area (TPSA) is 88.4 Å². The number of halogens is 1. The number of hydrogen-bond donors (Lipinski definition) is 1. The molecule has 1 aromatic rings. The number of nitrogens with one attached hydrogen (secondary N) is 1. The average Bonchev–Trinajstić information content (AvgIpc) is 2.27. The van der Waals surface area contributed by atoms with Crippen LogP contribution < -0.4 is 10.2 Å². The molecule has 0 aliphatic rings. The minimum Gasteiger partial charge on any atom is -0.358 e. The first-order valence-corrected chi connectivity index (χ1v) is 5.05. The standard InChI is InChI=1S/C9H11ClN4O3/c1-11-9(15)5-13(2)8-4-6(14(16)17)3-7(10)12-8/h3-4H,5H2,1-2H3,(H,11,15). The van der Waals surface area contributed by atoms with E-state index in [1.54, 1.807) is 7.05 Å². The lowest BCUT2D eigenvalue weighted by molar-refractivity contribution is -0.384. The molecule has 0 saturated carbocycles. The van der Waals surface area contributed by atoms with E-state index in [0.717, 1.165) is 6.07 Å². The zero-order valence-electron chi connectivity index (χ0n) is 9.31. The molecule has 0 saturated heterocycles. The fourth-order valence-corrected chi connectivity index (χ4v) is 1.34. The Morgan fingerprint density at radius 1 is 1.65 bits per heavy atom. The smallest absolute Gasteiger partial charge is 0.276 e. The SMILES string of the molecule is CNC(=O)CN(C)c1cc([N+](=O)[O-])cc(Cl)n1. The molecule has 7 nitrogen and oxygen atoms in total. The Kier molecular flexibility index (Phi) is 4.22. The van der Waals surface area contributed by atoms with Crippen LogP contribution in [-0.4, -0.2) is 36.5 Å². The highest BCUT2D eigenvalue weighted by molar-refractivity contribution is 6.29. The summed E-state index contributed by atoms with van der Waals surface area (Å²) < 4.78 is 0. The molecular formula is C9H11ClN4O3. The van der Waals surface area contributed by atoms with Crippen molar-refractivity contribution in [3.8, 4) is 0 Å². The van der Waals surface area contributed by atoms with Gasteiger partial charge in [0.25, 0.3) is 5.69 Å². The number of anilines is 1. The number of rotatable bonds is 4. The van der Waals surface area contributed by atoms with Gasteiger partial charge in [-0.15, -0.1) is 0 Å². The van der Waals surface area contributed by atoms with Crippen LogP contribution in [0, 0.1) is 10.1 Å². The fourth-order valence-electron chi connectivity index (χ4n) is 1.15. The molecule has 0 fully saturated rings. The van der Waals surface area contributed by atoms with Gasteiger partial charge in [0.1, 0.15) is 11.0 Å². The van der Waals surface area contributed by atoms with E-state index in [-0.39, 0.29) is 29.1 Å². The number of nitro groups is 1. The van der Waals surface area contributed by atoms with Gasteiger partial charge in [-0.05, 0) is 0 Å². The predicted molar refractivity (Wildman–Crippen MR) is 63.2 cm³/mol. The number of carbonyl (C=O) groups excluding carboxylic acids is 1. The lowest BCUT2D eigenvalue weighted by atomic mass is 10.3. The molecule has 0 aliphatic carbocycles. The van der Waals surface area contributed by atoms with E-state index in [4.69, 9.17) is 11.6 Å². The maximum absolute atomic E-state index is 11.2. The molecule has 0 atom stereocenters. The van der Waals surface area contributed by atoms with Gasteiger partial charge in [-0.3, -0.25) is 14.9 Å². The molecule has 17 heavy (non-hydrogen) atoms. The Morgan fingerprint density at radius 3 is 2.82 bits per heavy atom. The number of amides is 1. The van der Waals surface area contributed by atoms with Crippen LogP contribution in [0.4, 0.5) is 11.5 Å². The molecule has 1 amide bonds. The van der Waals surface area contributed by atoms with Crippen molar-refractivity contribution in [3.63, 3.8) is 0 Å². The Morgan fingerprint density at radius 2 is 2.29 bits per heavy atom. The number of pyridine rings is 1. The number of carbonyl (C=O) groups is 1. The lowest BCUT2D eigenvalue weighted by Gasteiger charge is -2.16. The zero-order chi connectivity index (χ0) is 13.0. The highest BCUT2D eigenvalue weighted by atomic mass is 35.5. The minimum absolute atomic E-state index is 0.0120. The van der Waals surface area contributed by atoms with E-state index in [2.05, 4.69) is 10.3 Å². The van der Waals surface area contributed by atoms with Gasteiger partial charge < -0.3 is 10.2 Å². The number of hydrogen-bond acceptors (Lipinski definition) is 5. The van der Waals surface area contributed by atoms with Crippen LogP contribution in [0.25, 0.3) is 0 Å². The van der Waals surface area contributed by atoms with Crippen molar-refractivity contribution in [2.45, 2.75) is 0 Å². The Balaban J connectivity index is 2.97. The van der Waals surface area contributed by atoms with Crippen molar-refractivity contribution < 1.29 is 9.72 Å². The summed E-state index contributed by atoms with van der Waals surface area (Å²) >= 11 is 5.67. The van der Waals surface area contributed by atoms with Crippen LogP contribution in [0.3, 0.4) is 0 Å². The van der Waals surface area contributed by atoms with E-state index in [1.165, 1.54) is 18.0 Å². The Labute approximate surface area is 103 Å². The number of nitrogens with zero attached hydrogens (tertiary/aromatic N) is 3. The van der Waals surface area contributed by atoms with Gasteiger partial charge in [0.15, 0.2) is 0 Å². The average molecular weight is 259 g/mol. The zero-order valence-corrected chi connectivity index (χ0v) is 10.1. The van der Waals surface area contributed by atoms with Gasteiger partial charge in [-0.25, -0.2) is 4.98 Å². The van der Waals surface area contributed by atoms with E-state index in [9.17, 15) is 14.9 Å². The molecule has 0 aliphatic heterocycles. The second-order valence-electron chi connectivity index (χ2n) is 3.29. The van der Waals surface area contributed by atoms with Crippen LogP contribution in [0.2, 0.25) is 5.15 Å². The quantitative estimate of drug-likeness (QED) is 0.491. The molecule has 8 heteroatoms. The molecule has 1 N–H and O–H groups in total. The van der Waals surface area contributed by atoms with Crippen LogP contribution in [0.1, 0.15) is 0 Å². The van der Waals surface area contributed by atoms with E-state index in [0.29, 0.717) is 0 Å². The molecule has 0 spiro atoms. The molecule has 1 heterocycles. The predicted octanol–water partition coefficient (Wildman–Crippen LogP) is 0.825. The summed E-state index contributed by atoms with van der Waals surface area (Å²) in [5, 5.41) is 13.1. The molecule has 1 rings (SSSR count). The number of aromatic nitrogens is 1. The Bertz CT molecular complexity index is 452. The first kappa shape index (κ1) is 13.2. The summed E-state index contributed by atoms with van der Waals surface area (Å²) in [6, 6.07) is 2.41. The van der Waals surface area contributed by atoms with Gasteiger partial charge in [0, 0.05) is 14.1 Å². The molecule has 0 aromatic carbocycles. The normalized spacial score (nSPS) is 9.82. The maximum Gasteiger partial charge on any atom is 0.276 e. The monoisotopic (exact) mass is 258 g/mol. The maximum atomic E-state index is 11.2. The third-order valence-electron chi connectivity index (χ3n) is 2.03. The summed E-state index contributed by atoms with van der Waals surface area (Å²) in [5.74, 6) is 0.0460. The molecule has 0 unspecified atom stereocenters. The summed E-state index contributed by atoms with van der Waals surface area (Å²) in [7, 11) is 3.10. The third kappa shape index (κ3) is 3.56. The van der Waals surface area contributed by atoms with Gasteiger partial charge >= 0.3 is 0 Å².